The second-order valence-corrected chi connectivity index (χ2v) is 7.95. The summed E-state index contributed by atoms with van der Waals surface area (Å²) in [5.74, 6) is 0.261. The molecule has 1 atom stereocenters. The van der Waals surface area contributed by atoms with Crippen LogP contribution in [-0.4, -0.2) is 35.9 Å². The lowest BCUT2D eigenvalue weighted by molar-refractivity contribution is -0.120. The van der Waals surface area contributed by atoms with Crippen LogP contribution in [0.15, 0.2) is 59.4 Å². The molecule has 1 aliphatic rings. The molecule has 9 heteroatoms. The minimum atomic E-state index is -0.449. The van der Waals surface area contributed by atoms with Crippen LogP contribution in [0.4, 0.5) is 15.9 Å². The highest BCUT2D eigenvalue weighted by molar-refractivity contribution is 6.32. The SMILES string of the molecule is COc1ccc(NC(=O)C2CCCN(c3ccc(=O)n(-c4cccc(F)c4)n3)C2)cc1Cl. The van der Waals surface area contributed by atoms with Crippen LogP contribution >= 0.6 is 11.6 Å². The Morgan fingerprint density at radius 2 is 2.06 bits per heavy atom. The molecule has 0 saturated carbocycles. The van der Waals surface area contributed by atoms with E-state index >= 15 is 0 Å². The van der Waals surface area contributed by atoms with Gasteiger partial charge >= 0.3 is 0 Å². The van der Waals surface area contributed by atoms with E-state index in [0.717, 1.165) is 12.8 Å². The molecular formula is C23H22ClFN4O3. The number of anilines is 2. The molecule has 1 N–H and O–H groups in total. The first kappa shape index (κ1) is 21.8. The van der Waals surface area contributed by atoms with E-state index in [-0.39, 0.29) is 17.4 Å². The molecule has 7 nitrogen and oxygen atoms in total. The number of carbonyl (C=O) groups excluding carboxylic acids is 1. The largest absolute Gasteiger partial charge is 0.495 e. The summed E-state index contributed by atoms with van der Waals surface area (Å²) in [6, 6.07) is 13.8. The lowest BCUT2D eigenvalue weighted by atomic mass is 9.97. The number of benzene rings is 2. The second kappa shape index (κ2) is 9.40. The third-order valence-corrected chi connectivity index (χ3v) is 5.67. The van der Waals surface area contributed by atoms with Crippen LogP contribution in [0.5, 0.6) is 5.75 Å². The van der Waals surface area contributed by atoms with Crippen LogP contribution in [0.3, 0.4) is 0 Å². The molecule has 1 amide bonds. The van der Waals surface area contributed by atoms with Gasteiger partial charge in [0.2, 0.25) is 5.91 Å². The maximum Gasteiger partial charge on any atom is 0.271 e. The van der Waals surface area contributed by atoms with Gasteiger partial charge in [0.1, 0.15) is 17.4 Å². The first-order valence-electron chi connectivity index (χ1n) is 10.2. The Balaban J connectivity index is 1.50. The van der Waals surface area contributed by atoms with Gasteiger partial charge in [-0.1, -0.05) is 17.7 Å². The van der Waals surface area contributed by atoms with Gasteiger partial charge in [0.25, 0.3) is 5.56 Å². The maximum absolute atomic E-state index is 13.6. The van der Waals surface area contributed by atoms with Gasteiger partial charge in [0, 0.05) is 24.8 Å². The molecule has 1 unspecified atom stereocenters. The molecule has 2 heterocycles. The van der Waals surface area contributed by atoms with E-state index < -0.39 is 5.82 Å². The first-order valence-corrected chi connectivity index (χ1v) is 10.6. The zero-order chi connectivity index (χ0) is 22.7. The van der Waals surface area contributed by atoms with E-state index in [1.807, 2.05) is 4.90 Å². The summed E-state index contributed by atoms with van der Waals surface area (Å²) in [4.78, 5) is 27.1. The van der Waals surface area contributed by atoms with Crippen LogP contribution in [-0.2, 0) is 4.79 Å². The van der Waals surface area contributed by atoms with E-state index in [1.54, 1.807) is 30.3 Å². The van der Waals surface area contributed by atoms with Crippen molar-refractivity contribution in [3.8, 4) is 11.4 Å². The molecular weight excluding hydrogens is 435 g/mol. The summed E-state index contributed by atoms with van der Waals surface area (Å²) in [5.41, 5.74) is 0.581. The van der Waals surface area contributed by atoms with Crippen molar-refractivity contribution >= 4 is 29.0 Å². The smallest absolute Gasteiger partial charge is 0.271 e. The number of carbonyl (C=O) groups is 1. The fraction of sp³-hybridized carbons (Fsp3) is 0.261. The molecule has 0 radical (unpaired) electrons. The van der Waals surface area contributed by atoms with Gasteiger partial charge in [-0.15, -0.1) is 5.10 Å². The molecule has 1 fully saturated rings. The Kier molecular flexibility index (Phi) is 6.41. The van der Waals surface area contributed by atoms with Gasteiger partial charge in [-0.05, 0) is 55.3 Å². The van der Waals surface area contributed by atoms with Crippen molar-refractivity contribution < 1.29 is 13.9 Å². The molecule has 0 aliphatic carbocycles. The Bertz CT molecular complexity index is 1200. The Labute approximate surface area is 189 Å². The average molecular weight is 457 g/mol. The lowest BCUT2D eigenvalue weighted by Gasteiger charge is -2.33. The summed E-state index contributed by atoms with van der Waals surface area (Å²) >= 11 is 6.15. The van der Waals surface area contributed by atoms with Crippen molar-refractivity contribution in [3.63, 3.8) is 0 Å². The minimum absolute atomic E-state index is 0.116. The number of halogens is 2. The van der Waals surface area contributed by atoms with Crippen molar-refractivity contribution in [1.29, 1.82) is 0 Å². The molecule has 4 rings (SSSR count). The molecule has 0 bridgehead atoms. The van der Waals surface area contributed by atoms with E-state index in [9.17, 15) is 14.0 Å². The number of aromatic nitrogens is 2. The average Bonchev–Trinajstić information content (AvgIpc) is 2.79. The molecule has 0 spiro atoms. The molecule has 166 valence electrons. The number of nitrogens with one attached hydrogen (secondary N) is 1. The predicted molar refractivity (Wildman–Crippen MR) is 121 cm³/mol. The summed E-state index contributed by atoms with van der Waals surface area (Å²) in [5, 5.41) is 7.74. The number of nitrogens with zero attached hydrogens (tertiary/aromatic N) is 3. The zero-order valence-corrected chi connectivity index (χ0v) is 18.2. The number of rotatable bonds is 5. The number of methoxy groups -OCH3 is 1. The van der Waals surface area contributed by atoms with Crippen molar-refractivity contribution in [3.05, 3.63) is 75.8 Å². The molecule has 1 aliphatic heterocycles. The quantitative estimate of drug-likeness (QED) is 0.630. The van der Waals surface area contributed by atoms with Crippen LogP contribution < -0.4 is 20.5 Å². The summed E-state index contributed by atoms with van der Waals surface area (Å²) in [7, 11) is 1.53. The van der Waals surface area contributed by atoms with Gasteiger partial charge < -0.3 is 15.0 Å². The van der Waals surface area contributed by atoms with Gasteiger partial charge in [0.05, 0.1) is 23.7 Å². The zero-order valence-electron chi connectivity index (χ0n) is 17.4. The Morgan fingerprint density at radius 1 is 1.22 bits per heavy atom. The minimum Gasteiger partial charge on any atom is -0.495 e. The number of hydrogen-bond acceptors (Lipinski definition) is 5. The van der Waals surface area contributed by atoms with Gasteiger partial charge in [-0.3, -0.25) is 9.59 Å². The van der Waals surface area contributed by atoms with Crippen LogP contribution in [0.2, 0.25) is 5.02 Å². The first-order chi connectivity index (χ1) is 15.4. The van der Waals surface area contributed by atoms with E-state index in [1.165, 1.54) is 36.1 Å². The number of hydrogen-bond donors (Lipinski definition) is 1. The van der Waals surface area contributed by atoms with Gasteiger partial charge in [-0.25, -0.2) is 4.39 Å². The van der Waals surface area contributed by atoms with Crippen LogP contribution in [0.1, 0.15) is 12.8 Å². The number of ether oxygens (including phenoxy) is 1. The van der Waals surface area contributed by atoms with Crippen molar-refractivity contribution in [1.82, 2.24) is 9.78 Å². The Hall–Kier alpha value is -3.39. The third kappa shape index (κ3) is 4.75. The third-order valence-electron chi connectivity index (χ3n) is 5.37. The maximum atomic E-state index is 13.6. The summed E-state index contributed by atoms with van der Waals surface area (Å²) in [6.07, 6.45) is 1.53. The fourth-order valence-electron chi connectivity index (χ4n) is 3.75. The van der Waals surface area contributed by atoms with E-state index in [0.29, 0.717) is 41.1 Å². The summed E-state index contributed by atoms with van der Waals surface area (Å²) < 4.78 is 19.9. The van der Waals surface area contributed by atoms with Crippen molar-refractivity contribution in [2.75, 3.05) is 30.4 Å². The highest BCUT2D eigenvalue weighted by atomic mass is 35.5. The molecule has 2 aromatic carbocycles. The normalized spacial score (nSPS) is 16.0. The number of amides is 1. The van der Waals surface area contributed by atoms with E-state index in [2.05, 4.69) is 10.4 Å². The number of piperidine rings is 1. The molecule has 1 saturated heterocycles. The van der Waals surface area contributed by atoms with Crippen molar-refractivity contribution in [2.24, 2.45) is 5.92 Å². The highest BCUT2D eigenvalue weighted by Gasteiger charge is 2.27. The Morgan fingerprint density at radius 3 is 2.81 bits per heavy atom. The highest BCUT2D eigenvalue weighted by Crippen LogP contribution is 2.28. The van der Waals surface area contributed by atoms with Crippen LogP contribution in [0.25, 0.3) is 5.69 Å². The van der Waals surface area contributed by atoms with E-state index in [4.69, 9.17) is 16.3 Å². The summed E-state index contributed by atoms with van der Waals surface area (Å²) in [6.45, 7) is 1.15. The standard InChI is InChI=1S/C23H22ClFN4O3/c1-32-20-8-7-17(13-19(20)24)26-23(31)15-4-3-11-28(14-15)21-9-10-22(30)29(27-21)18-6-2-5-16(25)12-18/h2,5-10,12-13,15H,3-4,11,14H2,1H3,(H,26,31). The second-order valence-electron chi connectivity index (χ2n) is 7.55. The van der Waals surface area contributed by atoms with Gasteiger partial charge in [0.15, 0.2) is 0 Å². The van der Waals surface area contributed by atoms with Crippen LogP contribution in [0, 0.1) is 11.7 Å². The predicted octanol–water partition coefficient (Wildman–Crippen LogP) is 3.89. The molecule has 32 heavy (non-hydrogen) atoms. The monoisotopic (exact) mass is 456 g/mol. The molecule has 1 aromatic heterocycles. The fourth-order valence-corrected chi connectivity index (χ4v) is 4.01. The molecule has 3 aromatic rings. The lowest BCUT2D eigenvalue weighted by Crippen LogP contribution is -2.41. The van der Waals surface area contributed by atoms with Crippen molar-refractivity contribution in [2.45, 2.75) is 12.8 Å². The van der Waals surface area contributed by atoms with Gasteiger partial charge in [-0.2, -0.15) is 4.68 Å². The topological polar surface area (TPSA) is 76.5 Å².